The summed E-state index contributed by atoms with van der Waals surface area (Å²) in [6, 6.07) is 3.44. The van der Waals surface area contributed by atoms with Gasteiger partial charge in [-0.3, -0.25) is 0 Å². The van der Waals surface area contributed by atoms with E-state index in [0.29, 0.717) is 4.88 Å². The Morgan fingerprint density at radius 2 is 2.21 bits per heavy atom. The Labute approximate surface area is 85.3 Å². The van der Waals surface area contributed by atoms with Crippen LogP contribution >= 0.6 is 11.3 Å². The topological polar surface area (TPSA) is 60.7 Å². The average Bonchev–Trinajstić information content (AvgIpc) is 2.67. The van der Waals surface area contributed by atoms with E-state index >= 15 is 0 Å². The lowest BCUT2D eigenvalue weighted by Crippen LogP contribution is -2.40. The molecule has 2 rings (SSSR count). The molecular weight excluding hydrogens is 200 g/mol. The van der Waals surface area contributed by atoms with Crippen molar-refractivity contribution in [3.8, 4) is 0 Å². The van der Waals surface area contributed by atoms with Crippen LogP contribution in [0.5, 0.6) is 0 Å². The molecule has 2 unspecified atom stereocenters. The van der Waals surface area contributed by atoms with E-state index in [1.807, 2.05) is 0 Å². The Hall–Kier alpha value is -1.10. The van der Waals surface area contributed by atoms with Gasteiger partial charge in [0.2, 0.25) is 0 Å². The summed E-state index contributed by atoms with van der Waals surface area (Å²) in [5, 5.41) is 31.2. The maximum absolute atomic E-state index is 10.2. The summed E-state index contributed by atoms with van der Waals surface area (Å²) in [6.45, 7) is 0. The van der Waals surface area contributed by atoms with Gasteiger partial charge in [-0.05, 0) is 17.5 Å². The molecule has 0 aliphatic heterocycles. The molecule has 14 heavy (non-hydrogen) atoms. The van der Waals surface area contributed by atoms with Crippen LogP contribution in [-0.4, -0.2) is 21.4 Å². The summed E-state index contributed by atoms with van der Waals surface area (Å²) < 4.78 is 0. The Balaban J connectivity index is 2.49. The first kappa shape index (κ1) is 9.45. The molecule has 0 saturated carbocycles. The first-order valence-electron chi connectivity index (χ1n) is 4.18. The zero-order valence-corrected chi connectivity index (χ0v) is 8.11. The maximum atomic E-state index is 10.2. The van der Waals surface area contributed by atoms with Crippen LogP contribution in [0.3, 0.4) is 0 Å². The Morgan fingerprint density at radius 1 is 1.43 bits per heavy atom. The zero-order valence-electron chi connectivity index (χ0n) is 7.29. The van der Waals surface area contributed by atoms with Gasteiger partial charge in [0.15, 0.2) is 5.60 Å². The van der Waals surface area contributed by atoms with Gasteiger partial charge in [0.25, 0.3) is 0 Å². The second kappa shape index (κ2) is 3.24. The highest BCUT2D eigenvalue weighted by Gasteiger charge is 2.42. The molecule has 4 heteroatoms. The van der Waals surface area contributed by atoms with Crippen LogP contribution < -0.4 is 0 Å². The minimum absolute atomic E-state index is 0.227. The number of hydrogen-bond donors (Lipinski definition) is 3. The molecule has 1 aromatic rings. The molecular formula is C10H10O3S. The van der Waals surface area contributed by atoms with Crippen LogP contribution in [0.2, 0.25) is 0 Å². The third-order valence-corrected chi connectivity index (χ3v) is 3.26. The van der Waals surface area contributed by atoms with Crippen molar-refractivity contribution in [2.24, 2.45) is 0 Å². The normalized spacial score (nSPS) is 31.6. The Morgan fingerprint density at radius 3 is 2.79 bits per heavy atom. The quantitative estimate of drug-likeness (QED) is 0.655. The van der Waals surface area contributed by atoms with Crippen LogP contribution in [0.15, 0.2) is 41.5 Å². The molecule has 0 bridgehead atoms. The number of allylic oxidation sites excluding steroid dienone is 2. The van der Waals surface area contributed by atoms with Crippen LogP contribution in [0, 0.1) is 0 Å². The second-order valence-electron chi connectivity index (χ2n) is 3.13. The van der Waals surface area contributed by atoms with E-state index in [1.165, 1.54) is 29.6 Å². The fourth-order valence-corrected chi connectivity index (χ4v) is 2.30. The molecule has 0 aromatic carbocycles. The number of hydrogen-bond acceptors (Lipinski definition) is 4. The van der Waals surface area contributed by atoms with Crippen molar-refractivity contribution < 1.29 is 15.3 Å². The summed E-state index contributed by atoms with van der Waals surface area (Å²) >= 11 is 1.29. The van der Waals surface area contributed by atoms with Gasteiger partial charge in [0.05, 0.1) is 0 Å². The molecule has 0 radical (unpaired) electrons. The monoisotopic (exact) mass is 210 g/mol. The first-order chi connectivity index (χ1) is 6.65. The van der Waals surface area contributed by atoms with Crippen molar-refractivity contribution >= 4 is 11.3 Å². The number of rotatable bonds is 1. The first-order valence-corrected chi connectivity index (χ1v) is 5.06. The molecule has 0 fully saturated rings. The van der Waals surface area contributed by atoms with Gasteiger partial charge in [-0.1, -0.05) is 18.2 Å². The van der Waals surface area contributed by atoms with Crippen LogP contribution in [0.25, 0.3) is 0 Å². The van der Waals surface area contributed by atoms with Gasteiger partial charge >= 0.3 is 0 Å². The number of aliphatic hydroxyl groups excluding tert-OH is 2. The Bertz CT molecular complexity index is 380. The van der Waals surface area contributed by atoms with Crippen LogP contribution in [-0.2, 0) is 5.60 Å². The molecule has 2 atom stereocenters. The lowest BCUT2D eigenvalue weighted by molar-refractivity contribution is -0.0540. The van der Waals surface area contributed by atoms with Gasteiger partial charge in [-0.25, -0.2) is 0 Å². The highest BCUT2D eigenvalue weighted by Crippen LogP contribution is 2.37. The van der Waals surface area contributed by atoms with Crippen molar-refractivity contribution in [1.82, 2.24) is 0 Å². The van der Waals surface area contributed by atoms with Gasteiger partial charge in [0, 0.05) is 4.88 Å². The third kappa shape index (κ3) is 1.19. The van der Waals surface area contributed by atoms with Gasteiger partial charge in [0.1, 0.15) is 11.9 Å². The van der Waals surface area contributed by atoms with Crippen molar-refractivity contribution in [2.45, 2.75) is 11.7 Å². The van der Waals surface area contributed by atoms with Crippen molar-refractivity contribution in [3.63, 3.8) is 0 Å². The van der Waals surface area contributed by atoms with Gasteiger partial charge in [-0.2, -0.15) is 0 Å². The number of aliphatic hydroxyl groups is 3. The molecule has 1 aromatic heterocycles. The van der Waals surface area contributed by atoms with E-state index in [2.05, 4.69) is 0 Å². The van der Waals surface area contributed by atoms with E-state index in [-0.39, 0.29) is 5.76 Å². The molecule has 1 aliphatic rings. The minimum Gasteiger partial charge on any atom is -0.509 e. The van der Waals surface area contributed by atoms with E-state index in [9.17, 15) is 15.3 Å². The standard InChI is InChI=1S/C10H10O3S/c11-7-3-1-4-8(12)10(7,13)9-5-2-6-14-9/h1-7,11-13H. The van der Waals surface area contributed by atoms with E-state index in [0.717, 1.165) is 0 Å². The van der Waals surface area contributed by atoms with Crippen molar-refractivity contribution in [1.29, 1.82) is 0 Å². The Kier molecular flexibility index (Phi) is 2.19. The predicted molar refractivity (Wildman–Crippen MR) is 54.1 cm³/mol. The van der Waals surface area contributed by atoms with Crippen LogP contribution in [0.1, 0.15) is 4.88 Å². The average molecular weight is 210 g/mol. The fourth-order valence-electron chi connectivity index (χ4n) is 1.44. The largest absolute Gasteiger partial charge is 0.509 e. The summed E-state index contributed by atoms with van der Waals surface area (Å²) in [5.41, 5.74) is -1.68. The fraction of sp³-hybridized carbons (Fsp3) is 0.200. The molecule has 3 N–H and O–H groups in total. The molecule has 0 saturated heterocycles. The lowest BCUT2D eigenvalue weighted by atomic mass is 9.89. The molecule has 1 heterocycles. The summed E-state index contributed by atoms with van der Waals surface area (Å²) in [4.78, 5) is 0.531. The van der Waals surface area contributed by atoms with Crippen molar-refractivity contribution in [3.05, 3.63) is 46.4 Å². The van der Waals surface area contributed by atoms with Gasteiger partial charge < -0.3 is 15.3 Å². The zero-order chi connectivity index (χ0) is 10.2. The molecule has 1 aliphatic carbocycles. The maximum Gasteiger partial charge on any atom is 0.185 e. The third-order valence-electron chi connectivity index (χ3n) is 2.26. The van der Waals surface area contributed by atoms with E-state index in [4.69, 9.17) is 0 Å². The molecule has 3 nitrogen and oxygen atoms in total. The molecule has 0 amide bonds. The predicted octanol–water partition coefficient (Wildman–Crippen LogP) is 1.31. The molecule has 74 valence electrons. The van der Waals surface area contributed by atoms with E-state index in [1.54, 1.807) is 17.5 Å². The lowest BCUT2D eigenvalue weighted by Gasteiger charge is -2.31. The highest BCUT2D eigenvalue weighted by atomic mass is 32.1. The minimum atomic E-state index is -1.68. The van der Waals surface area contributed by atoms with Crippen molar-refractivity contribution in [2.75, 3.05) is 0 Å². The summed E-state index contributed by atoms with van der Waals surface area (Å²) in [7, 11) is 0. The second-order valence-corrected chi connectivity index (χ2v) is 4.07. The SMILES string of the molecule is OC1=CC=CC(O)C1(O)c1cccs1. The van der Waals surface area contributed by atoms with Crippen LogP contribution in [0.4, 0.5) is 0 Å². The smallest absolute Gasteiger partial charge is 0.185 e. The summed E-state index contributed by atoms with van der Waals surface area (Å²) in [5.74, 6) is -0.227. The summed E-state index contributed by atoms with van der Waals surface area (Å²) in [6.07, 6.45) is 3.24. The highest BCUT2D eigenvalue weighted by molar-refractivity contribution is 7.10. The molecule has 0 spiro atoms. The van der Waals surface area contributed by atoms with E-state index < -0.39 is 11.7 Å². The van der Waals surface area contributed by atoms with Gasteiger partial charge in [-0.15, -0.1) is 11.3 Å². The number of thiophene rings is 1.